The van der Waals surface area contributed by atoms with Crippen molar-refractivity contribution in [2.45, 2.75) is 6.92 Å². The number of benzene rings is 2. The average Bonchev–Trinajstić information content (AvgIpc) is 2.66. The van der Waals surface area contributed by atoms with E-state index in [1.165, 1.54) is 18.5 Å². The summed E-state index contributed by atoms with van der Waals surface area (Å²) in [7, 11) is 0. The minimum atomic E-state index is -0.281. The Morgan fingerprint density at radius 3 is 2.12 bits per heavy atom. The molecule has 1 aromatic heterocycles. The Hall–Kier alpha value is -3.28. The highest BCUT2D eigenvalue weighted by atomic mass is 19.1. The van der Waals surface area contributed by atoms with Crippen molar-refractivity contribution in [2.75, 3.05) is 6.61 Å². The Morgan fingerprint density at radius 2 is 1.64 bits per heavy atom. The highest BCUT2D eigenvalue weighted by Gasteiger charge is 2.01. The summed E-state index contributed by atoms with van der Waals surface area (Å²) >= 11 is 0. The first-order valence-electron chi connectivity index (χ1n) is 7.58. The first kappa shape index (κ1) is 18.1. The lowest BCUT2D eigenvalue weighted by atomic mass is 10.1. The minimum Gasteiger partial charge on any atom is -0.468 e. The molecular formula is C19H17FN2O3. The van der Waals surface area contributed by atoms with Gasteiger partial charge in [-0.2, -0.15) is 0 Å². The smallest absolute Gasteiger partial charge is 0.293 e. The van der Waals surface area contributed by atoms with Gasteiger partial charge >= 0.3 is 0 Å². The van der Waals surface area contributed by atoms with Gasteiger partial charge in [-0.15, -0.1) is 0 Å². The van der Waals surface area contributed by atoms with Gasteiger partial charge in [0.15, 0.2) is 0 Å². The van der Waals surface area contributed by atoms with Crippen LogP contribution in [0.1, 0.15) is 6.92 Å². The van der Waals surface area contributed by atoms with Gasteiger partial charge < -0.3 is 9.47 Å². The zero-order chi connectivity index (χ0) is 17.9. The molecule has 0 saturated heterocycles. The van der Waals surface area contributed by atoms with Gasteiger partial charge in [-0.1, -0.05) is 0 Å². The van der Waals surface area contributed by atoms with Gasteiger partial charge in [0, 0.05) is 11.8 Å². The number of hydrogen-bond acceptors (Lipinski definition) is 5. The largest absolute Gasteiger partial charge is 0.468 e. The van der Waals surface area contributed by atoms with Crippen LogP contribution in [0.25, 0.3) is 11.3 Å². The van der Waals surface area contributed by atoms with Crippen molar-refractivity contribution in [3.8, 4) is 22.8 Å². The molecule has 0 aliphatic heterocycles. The Bertz CT molecular complexity index is 763. The summed E-state index contributed by atoms with van der Waals surface area (Å²) in [4.78, 5) is 17.2. The second kappa shape index (κ2) is 9.77. The van der Waals surface area contributed by atoms with Gasteiger partial charge in [0.1, 0.15) is 23.6 Å². The first-order valence-corrected chi connectivity index (χ1v) is 7.58. The van der Waals surface area contributed by atoms with Crippen LogP contribution < -0.4 is 4.74 Å². The molecule has 0 amide bonds. The Labute approximate surface area is 145 Å². The topological polar surface area (TPSA) is 61.3 Å². The second-order valence-electron chi connectivity index (χ2n) is 4.73. The number of nitrogens with zero attached hydrogens (tertiary/aromatic N) is 2. The standard InChI is InChI=1S/C16H11FN2O.C3H6O2/c17-13-3-7-15(8-4-13)20-14-5-1-12(2-6-14)16-9-10-18-11-19-16;1-2-5-3-4/h1-11H;3H,2H2,1H3. The molecule has 0 bridgehead atoms. The summed E-state index contributed by atoms with van der Waals surface area (Å²) in [6, 6.07) is 15.3. The lowest BCUT2D eigenvalue weighted by molar-refractivity contribution is -0.128. The van der Waals surface area contributed by atoms with Crippen LogP contribution >= 0.6 is 0 Å². The molecule has 0 aliphatic carbocycles. The molecule has 128 valence electrons. The molecule has 0 fully saturated rings. The molecule has 0 N–H and O–H groups in total. The molecule has 6 heteroatoms. The molecule has 0 unspecified atom stereocenters. The normalized spacial score (nSPS) is 9.52. The van der Waals surface area contributed by atoms with Crippen LogP contribution in [0.3, 0.4) is 0 Å². The molecule has 3 aromatic rings. The van der Waals surface area contributed by atoms with Crippen molar-refractivity contribution in [3.05, 3.63) is 72.9 Å². The van der Waals surface area contributed by atoms with E-state index in [-0.39, 0.29) is 5.82 Å². The third kappa shape index (κ3) is 6.02. The quantitative estimate of drug-likeness (QED) is 0.650. The Balaban J connectivity index is 0.000000399. The predicted octanol–water partition coefficient (Wildman–Crippen LogP) is 4.25. The number of rotatable bonds is 5. The molecular weight excluding hydrogens is 323 g/mol. The maximum absolute atomic E-state index is 12.8. The maximum Gasteiger partial charge on any atom is 0.293 e. The lowest BCUT2D eigenvalue weighted by Gasteiger charge is -2.06. The molecule has 1 heterocycles. The predicted molar refractivity (Wildman–Crippen MR) is 91.6 cm³/mol. The van der Waals surface area contributed by atoms with Gasteiger partial charge in [0.2, 0.25) is 0 Å². The highest BCUT2D eigenvalue weighted by Crippen LogP contribution is 2.24. The minimum absolute atomic E-state index is 0.281. The Kier molecular flexibility index (Phi) is 7.06. The van der Waals surface area contributed by atoms with E-state index < -0.39 is 0 Å². The van der Waals surface area contributed by atoms with Crippen molar-refractivity contribution in [3.63, 3.8) is 0 Å². The van der Waals surface area contributed by atoms with E-state index >= 15 is 0 Å². The van der Waals surface area contributed by atoms with Crippen molar-refractivity contribution < 1.29 is 18.7 Å². The van der Waals surface area contributed by atoms with Crippen LogP contribution in [0.4, 0.5) is 4.39 Å². The Morgan fingerprint density at radius 1 is 1.00 bits per heavy atom. The fourth-order valence-corrected chi connectivity index (χ4v) is 1.86. The van der Waals surface area contributed by atoms with Crippen molar-refractivity contribution in [2.24, 2.45) is 0 Å². The van der Waals surface area contributed by atoms with Crippen LogP contribution in [-0.4, -0.2) is 23.0 Å². The van der Waals surface area contributed by atoms with E-state index in [2.05, 4.69) is 14.7 Å². The van der Waals surface area contributed by atoms with Gasteiger partial charge in [0.05, 0.1) is 12.3 Å². The molecule has 5 nitrogen and oxygen atoms in total. The summed E-state index contributed by atoms with van der Waals surface area (Å²) in [5, 5.41) is 0. The number of ether oxygens (including phenoxy) is 2. The van der Waals surface area contributed by atoms with E-state index in [4.69, 9.17) is 4.74 Å². The molecule has 0 aliphatic rings. The van der Waals surface area contributed by atoms with E-state index in [0.717, 1.165) is 11.3 Å². The van der Waals surface area contributed by atoms with Crippen molar-refractivity contribution >= 4 is 6.47 Å². The van der Waals surface area contributed by atoms with E-state index in [9.17, 15) is 9.18 Å². The zero-order valence-electron chi connectivity index (χ0n) is 13.6. The van der Waals surface area contributed by atoms with Crippen LogP contribution in [0.15, 0.2) is 67.1 Å². The number of aromatic nitrogens is 2. The van der Waals surface area contributed by atoms with Gasteiger partial charge in [-0.05, 0) is 61.5 Å². The summed E-state index contributed by atoms with van der Waals surface area (Å²) in [5.41, 5.74) is 1.84. The van der Waals surface area contributed by atoms with Crippen LogP contribution in [0.2, 0.25) is 0 Å². The van der Waals surface area contributed by atoms with Gasteiger partial charge in [-0.25, -0.2) is 14.4 Å². The van der Waals surface area contributed by atoms with E-state index in [1.54, 1.807) is 25.3 Å². The van der Waals surface area contributed by atoms with Crippen molar-refractivity contribution in [1.82, 2.24) is 9.97 Å². The SMILES string of the molecule is CCOC=O.Fc1ccc(Oc2ccc(-c3ccncn3)cc2)cc1. The fourth-order valence-electron chi connectivity index (χ4n) is 1.86. The zero-order valence-corrected chi connectivity index (χ0v) is 13.6. The average molecular weight is 340 g/mol. The molecule has 3 rings (SSSR count). The monoisotopic (exact) mass is 340 g/mol. The summed E-state index contributed by atoms with van der Waals surface area (Å²) < 4.78 is 22.6. The highest BCUT2D eigenvalue weighted by molar-refractivity contribution is 5.59. The molecule has 0 atom stereocenters. The third-order valence-corrected chi connectivity index (χ3v) is 3.02. The van der Waals surface area contributed by atoms with Crippen LogP contribution in [0, 0.1) is 5.82 Å². The number of hydrogen-bond donors (Lipinski definition) is 0. The summed E-state index contributed by atoms with van der Waals surface area (Å²) in [6.45, 7) is 2.66. The third-order valence-electron chi connectivity index (χ3n) is 3.02. The van der Waals surface area contributed by atoms with Crippen LogP contribution in [0.5, 0.6) is 11.5 Å². The maximum atomic E-state index is 12.8. The fraction of sp³-hybridized carbons (Fsp3) is 0.105. The number of carbonyl (C=O) groups excluding carboxylic acids is 1. The van der Waals surface area contributed by atoms with Gasteiger partial charge in [0.25, 0.3) is 6.47 Å². The summed E-state index contributed by atoms with van der Waals surface area (Å²) in [6.07, 6.45) is 3.21. The molecule has 0 saturated carbocycles. The van der Waals surface area contributed by atoms with Crippen molar-refractivity contribution in [1.29, 1.82) is 0 Å². The summed E-state index contributed by atoms with van der Waals surface area (Å²) in [5.74, 6) is 1.01. The van der Waals surface area contributed by atoms with E-state index in [1.807, 2.05) is 30.3 Å². The van der Waals surface area contributed by atoms with Crippen LogP contribution in [-0.2, 0) is 9.53 Å². The van der Waals surface area contributed by atoms with E-state index in [0.29, 0.717) is 24.6 Å². The first-order chi connectivity index (χ1) is 12.2. The molecule has 2 aromatic carbocycles. The van der Waals surface area contributed by atoms with Gasteiger partial charge in [-0.3, -0.25) is 4.79 Å². The molecule has 25 heavy (non-hydrogen) atoms. The second-order valence-corrected chi connectivity index (χ2v) is 4.73. The number of halogens is 1. The number of carbonyl (C=O) groups is 1. The molecule has 0 radical (unpaired) electrons. The lowest BCUT2D eigenvalue weighted by Crippen LogP contribution is -1.86. The molecule has 0 spiro atoms.